The summed E-state index contributed by atoms with van der Waals surface area (Å²) in [5.41, 5.74) is 0.773. The second-order valence-corrected chi connectivity index (χ2v) is 5.87. The van der Waals surface area contributed by atoms with Gasteiger partial charge in [0.05, 0.1) is 5.75 Å². The Morgan fingerprint density at radius 3 is 2.50 bits per heavy atom. The van der Waals surface area contributed by atoms with E-state index in [-0.39, 0.29) is 5.78 Å². The molecule has 0 radical (unpaired) electrons. The molecule has 1 aromatic rings. The van der Waals surface area contributed by atoms with Crippen LogP contribution < -0.4 is 0 Å². The van der Waals surface area contributed by atoms with Crippen LogP contribution in [0, 0.1) is 0 Å². The Morgan fingerprint density at radius 1 is 1.25 bits per heavy atom. The van der Waals surface area contributed by atoms with Crippen LogP contribution in [0.4, 0.5) is 0 Å². The Morgan fingerprint density at radius 2 is 1.88 bits per heavy atom. The first-order chi connectivity index (χ1) is 7.75. The zero-order valence-electron chi connectivity index (χ0n) is 9.12. The van der Waals surface area contributed by atoms with E-state index in [1.165, 1.54) is 25.7 Å². The van der Waals surface area contributed by atoms with Crippen LogP contribution in [0.1, 0.15) is 36.0 Å². The van der Waals surface area contributed by atoms with Gasteiger partial charge in [0.2, 0.25) is 0 Å². The largest absolute Gasteiger partial charge is 0.293 e. The van der Waals surface area contributed by atoms with Gasteiger partial charge in [-0.1, -0.05) is 24.4 Å². The number of Topliss-reactive ketones (excluding diaryl/α,β-unsaturated/α-hetero) is 1. The average Bonchev–Trinajstić information content (AvgIpc) is 2.80. The molecule has 0 amide bonds. The maximum absolute atomic E-state index is 11.8. The van der Waals surface area contributed by atoms with Crippen molar-refractivity contribution in [1.29, 1.82) is 0 Å². The Kier molecular flexibility index (Phi) is 4.30. The summed E-state index contributed by atoms with van der Waals surface area (Å²) in [6, 6.07) is 7.16. The lowest BCUT2D eigenvalue weighted by atomic mass is 10.1. The normalized spacial score (nSPS) is 16.6. The van der Waals surface area contributed by atoms with Gasteiger partial charge in [-0.15, -0.1) is 0 Å². The molecule has 1 aliphatic rings. The van der Waals surface area contributed by atoms with Crippen molar-refractivity contribution in [3.63, 3.8) is 0 Å². The van der Waals surface area contributed by atoms with E-state index in [1.807, 2.05) is 11.8 Å². The van der Waals surface area contributed by atoms with E-state index in [2.05, 4.69) is 0 Å². The minimum Gasteiger partial charge on any atom is -0.293 e. The zero-order chi connectivity index (χ0) is 11.4. The topological polar surface area (TPSA) is 17.1 Å². The number of ketones is 1. The number of hydrogen-bond acceptors (Lipinski definition) is 2. The first-order valence-corrected chi connectivity index (χ1v) is 7.09. The molecule has 0 unspecified atom stereocenters. The molecule has 1 aromatic carbocycles. The third kappa shape index (κ3) is 3.26. The fraction of sp³-hybridized carbons (Fsp3) is 0.462. The van der Waals surface area contributed by atoms with Gasteiger partial charge in [0.15, 0.2) is 5.78 Å². The van der Waals surface area contributed by atoms with Crippen molar-refractivity contribution >= 4 is 29.1 Å². The van der Waals surface area contributed by atoms with Crippen LogP contribution >= 0.6 is 23.4 Å². The quantitative estimate of drug-likeness (QED) is 0.749. The van der Waals surface area contributed by atoms with Gasteiger partial charge < -0.3 is 0 Å². The Hall–Kier alpha value is -0.470. The molecule has 3 heteroatoms. The molecule has 2 rings (SSSR count). The van der Waals surface area contributed by atoms with Crippen molar-refractivity contribution < 1.29 is 4.79 Å². The monoisotopic (exact) mass is 254 g/mol. The van der Waals surface area contributed by atoms with Crippen molar-refractivity contribution in [2.45, 2.75) is 30.9 Å². The van der Waals surface area contributed by atoms with Crippen molar-refractivity contribution in [2.24, 2.45) is 0 Å². The van der Waals surface area contributed by atoms with E-state index >= 15 is 0 Å². The van der Waals surface area contributed by atoms with E-state index in [1.54, 1.807) is 24.3 Å². The number of benzene rings is 1. The summed E-state index contributed by atoms with van der Waals surface area (Å²) in [7, 11) is 0. The van der Waals surface area contributed by atoms with Gasteiger partial charge in [-0.2, -0.15) is 11.8 Å². The third-order valence-electron chi connectivity index (χ3n) is 2.92. The van der Waals surface area contributed by atoms with E-state index in [9.17, 15) is 4.79 Å². The fourth-order valence-corrected chi connectivity index (χ4v) is 3.31. The lowest BCUT2D eigenvalue weighted by Gasteiger charge is -2.07. The molecule has 0 spiro atoms. The highest BCUT2D eigenvalue weighted by Gasteiger charge is 2.17. The second kappa shape index (κ2) is 5.74. The van der Waals surface area contributed by atoms with Crippen LogP contribution in [0.2, 0.25) is 5.02 Å². The van der Waals surface area contributed by atoms with Crippen molar-refractivity contribution in [2.75, 3.05) is 5.75 Å². The number of carbonyl (C=O) groups is 1. The van der Waals surface area contributed by atoms with E-state index < -0.39 is 0 Å². The summed E-state index contributed by atoms with van der Waals surface area (Å²) in [6.07, 6.45) is 5.21. The minimum absolute atomic E-state index is 0.216. The molecule has 1 aliphatic carbocycles. The second-order valence-electron chi connectivity index (χ2n) is 4.15. The summed E-state index contributed by atoms with van der Waals surface area (Å²) in [5, 5.41) is 1.39. The molecule has 1 nitrogen and oxygen atoms in total. The molecule has 0 atom stereocenters. The standard InChI is InChI=1S/C13H15ClOS/c14-11-7-5-10(6-8-11)13(15)9-16-12-3-1-2-4-12/h5-8,12H,1-4,9H2. The third-order valence-corrected chi connectivity index (χ3v) is 4.54. The maximum atomic E-state index is 11.8. The predicted octanol–water partition coefficient (Wildman–Crippen LogP) is 4.20. The van der Waals surface area contributed by atoms with Gasteiger partial charge >= 0.3 is 0 Å². The van der Waals surface area contributed by atoms with Gasteiger partial charge in [0.1, 0.15) is 0 Å². The number of rotatable bonds is 4. The van der Waals surface area contributed by atoms with E-state index in [0.29, 0.717) is 16.0 Å². The van der Waals surface area contributed by atoms with Crippen molar-refractivity contribution in [3.05, 3.63) is 34.9 Å². The van der Waals surface area contributed by atoms with Gasteiger partial charge in [-0.3, -0.25) is 4.79 Å². The number of hydrogen-bond donors (Lipinski definition) is 0. The minimum atomic E-state index is 0.216. The summed E-state index contributed by atoms with van der Waals surface area (Å²) in [6.45, 7) is 0. The predicted molar refractivity (Wildman–Crippen MR) is 70.5 cm³/mol. The first-order valence-electron chi connectivity index (χ1n) is 5.66. The summed E-state index contributed by atoms with van der Waals surface area (Å²) < 4.78 is 0. The molecule has 1 fully saturated rings. The molecule has 0 heterocycles. The Labute approximate surface area is 106 Å². The lowest BCUT2D eigenvalue weighted by molar-refractivity contribution is 0.102. The van der Waals surface area contributed by atoms with Crippen molar-refractivity contribution in [1.82, 2.24) is 0 Å². The van der Waals surface area contributed by atoms with E-state index in [0.717, 1.165) is 5.56 Å². The molecule has 0 aromatic heterocycles. The molecular formula is C13H15ClOS. The molecule has 1 saturated carbocycles. The Bertz CT molecular complexity index is 355. The van der Waals surface area contributed by atoms with Gasteiger partial charge in [-0.05, 0) is 37.1 Å². The molecular weight excluding hydrogens is 240 g/mol. The van der Waals surface area contributed by atoms with Gasteiger partial charge in [-0.25, -0.2) is 0 Å². The summed E-state index contributed by atoms with van der Waals surface area (Å²) in [4.78, 5) is 11.8. The SMILES string of the molecule is O=C(CSC1CCCC1)c1ccc(Cl)cc1. The first kappa shape index (κ1) is 12.0. The number of thioether (sulfide) groups is 1. The van der Waals surface area contributed by atoms with Crippen LogP contribution in [-0.2, 0) is 0 Å². The van der Waals surface area contributed by atoms with Gasteiger partial charge in [0, 0.05) is 15.8 Å². The van der Waals surface area contributed by atoms with Crippen LogP contribution in [0.25, 0.3) is 0 Å². The lowest BCUT2D eigenvalue weighted by Crippen LogP contribution is -2.06. The molecule has 0 aliphatic heterocycles. The molecule has 0 bridgehead atoms. The van der Waals surface area contributed by atoms with Crippen LogP contribution in [0.3, 0.4) is 0 Å². The molecule has 16 heavy (non-hydrogen) atoms. The molecule has 0 saturated heterocycles. The van der Waals surface area contributed by atoms with Crippen LogP contribution in [0.5, 0.6) is 0 Å². The summed E-state index contributed by atoms with van der Waals surface area (Å²) >= 11 is 7.59. The maximum Gasteiger partial charge on any atom is 0.172 e. The van der Waals surface area contributed by atoms with Gasteiger partial charge in [0.25, 0.3) is 0 Å². The van der Waals surface area contributed by atoms with Crippen molar-refractivity contribution in [3.8, 4) is 0 Å². The van der Waals surface area contributed by atoms with Crippen LogP contribution in [-0.4, -0.2) is 16.8 Å². The smallest absolute Gasteiger partial charge is 0.172 e. The fourth-order valence-electron chi connectivity index (χ4n) is 1.97. The highest BCUT2D eigenvalue weighted by atomic mass is 35.5. The number of halogens is 1. The highest BCUT2D eigenvalue weighted by molar-refractivity contribution is 8.00. The Balaban J connectivity index is 1.85. The number of carbonyl (C=O) groups excluding carboxylic acids is 1. The van der Waals surface area contributed by atoms with Crippen LogP contribution in [0.15, 0.2) is 24.3 Å². The molecule has 86 valence electrons. The summed E-state index contributed by atoms with van der Waals surface area (Å²) in [5.74, 6) is 0.820. The zero-order valence-corrected chi connectivity index (χ0v) is 10.7. The average molecular weight is 255 g/mol. The van der Waals surface area contributed by atoms with E-state index in [4.69, 9.17) is 11.6 Å². The highest BCUT2D eigenvalue weighted by Crippen LogP contribution is 2.29. The molecule has 0 N–H and O–H groups in total.